The van der Waals surface area contributed by atoms with Gasteiger partial charge in [-0.2, -0.15) is 5.26 Å². The molecule has 0 unspecified atom stereocenters. The van der Waals surface area contributed by atoms with Crippen molar-refractivity contribution >= 4 is 46.1 Å². The lowest BCUT2D eigenvalue weighted by Gasteiger charge is -2.27. The van der Waals surface area contributed by atoms with E-state index in [2.05, 4.69) is 17.9 Å². The quantitative estimate of drug-likeness (QED) is 0.487. The third-order valence-corrected chi connectivity index (χ3v) is 6.93. The van der Waals surface area contributed by atoms with Crippen molar-refractivity contribution in [2.75, 3.05) is 18.0 Å². The molecule has 2 saturated heterocycles. The number of carbonyl (C=O) groups excluding carboxylic acids is 1. The van der Waals surface area contributed by atoms with Crippen molar-refractivity contribution < 1.29 is 4.79 Å². The molecule has 3 rings (SSSR count). The van der Waals surface area contributed by atoms with E-state index >= 15 is 0 Å². The van der Waals surface area contributed by atoms with Gasteiger partial charge in [0, 0.05) is 31.2 Å². The minimum atomic E-state index is -0.239. The Kier molecular flexibility index (Phi) is 7.04. The Balaban J connectivity index is 2.25. The second-order valence-corrected chi connectivity index (χ2v) is 9.67. The summed E-state index contributed by atoms with van der Waals surface area (Å²) in [6.45, 7) is 10.1. The van der Waals surface area contributed by atoms with Crippen LogP contribution in [0.15, 0.2) is 9.70 Å². The molecule has 0 saturated carbocycles. The predicted octanol–water partition coefficient (Wildman–Crippen LogP) is 4.04. The molecule has 160 valence electrons. The number of aromatic nitrogens is 1. The van der Waals surface area contributed by atoms with Gasteiger partial charge in [-0.25, -0.2) is 0 Å². The molecule has 8 heteroatoms. The van der Waals surface area contributed by atoms with Crippen LogP contribution in [0, 0.1) is 18.3 Å². The third-order valence-electron chi connectivity index (χ3n) is 5.60. The third kappa shape index (κ3) is 4.06. The molecule has 0 aromatic carbocycles. The number of nitrogens with zero attached hydrogens (tertiary/aromatic N) is 4. The van der Waals surface area contributed by atoms with Crippen LogP contribution in [0.4, 0.5) is 5.82 Å². The lowest BCUT2D eigenvalue weighted by molar-refractivity contribution is -0.123. The van der Waals surface area contributed by atoms with E-state index in [4.69, 9.17) is 12.2 Å². The maximum Gasteiger partial charge on any atom is 0.270 e. The summed E-state index contributed by atoms with van der Waals surface area (Å²) >= 11 is 6.71. The first-order chi connectivity index (χ1) is 14.3. The van der Waals surface area contributed by atoms with Crippen molar-refractivity contribution in [1.82, 2.24) is 9.47 Å². The zero-order valence-corrected chi connectivity index (χ0v) is 19.7. The van der Waals surface area contributed by atoms with Gasteiger partial charge in [0.15, 0.2) is 0 Å². The summed E-state index contributed by atoms with van der Waals surface area (Å²) < 4.78 is 2.29. The van der Waals surface area contributed by atoms with Crippen LogP contribution >= 0.6 is 24.0 Å². The van der Waals surface area contributed by atoms with E-state index in [0.717, 1.165) is 50.2 Å². The average molecular weight is 445 g/mol. The molecular formula is C22H28N4O2S2. The number of thiocarbonyl (C=S) groups is 1. The Morgan fingerprint density at radius 2 is 1.93 bits per heavy atom. The maximum atomic E-state index is 13.1. The van der Waals surface area contributed by atoms with Crippen LogP contribution in [0.25, 0.3) is 6.08 Å². The molecule has 0 atom stereocenters. The van der Waals surface area contributed by atoms with E-state index in [1.165, 1.54) is 11.8 Å². The Labute approximate surface area is 187 Å². The van der Waals surface area contributed by atoms with Crippen molar-refractivity contribution in [1.29, 1.82) is 5.26 Å². The molecule has 1 aromatic rings. The number of hydrogen-bond acceptors (Lipinski definition) is 6. The van der Waals surface area contributed by atoms with E-state index < -0.39 is 0 Å². The molecule has 1 amide bonds. The van der Waals surface area contributed by atoms with Crippen molar-refractivity contribution in [3.8, 4) is 6.07 Å². The standard InChI is InChI=1S/C22H28N4O2S2/c1-5-6-11-25-19(24-9-7-8-10-24)16(15(4)17(13-23)20(25)27)12-18-21(28)26(14(2)3)22(29)30-18/h12,14H,5-11H2,1-4H3/b18-12+. The highest BCUT2D eigenvalue weighted by atomic mass is 32.2. The molecule has 2 aliphatic rings. The highest BCUT2D eigenvalue weighted by Gasteiger charge is 2.35. The molecule has 30 heavy (non-hydrogen) atoms. The van der Waals surface area contributed by atoms with Crippen LogP contribution in [0.1, 0.15) is 63.1 Å². The second-order valence-electron chi connectivity index (χ2n) is 8.00. The number of rotatable bonds is 6. The molecule has 3 heterocycles. The van der Waals surface area contributed by atoms with Crippen LogP contribution < -0.4 is 10.5 Å². The number of pyridine rings is 1. The smallest absolute Gasteiger partial charge is 0.270 e. The molecule has 0 N–H and O–H groups in total. The zero-order chi connectivity index (χ0) is 22.0. The Hall–Kier alpha value is -2.11. The van der Waals surface area contributed by atoms with E-state index in [1.807, 2.05) is 19.9 Å². The summed E-state index contributed by atoms with van der Waals surface area (Å²) in [6, 6.07) is 2.08. The fourth-order valence-electron chi connectivity index (χ4n) is 3.99. The first-order valence-corrected chi connectivity index (χ1v) is 11.7. The Bertz CT molecular complexity index is 998. The van der Waals surface area contributed by atoms with Gasteiger partial charge in [0.05, 0.1) is 4.91 Å². The largest absolute Gasteiger partial charge is 0.357 e. The van der Waals surface area contributed by atoms with E-state index in [-0.39, 0.29) is 23.1 Å². The molecule has 2 aliphatic heterocycles. The topological polar surface area (TPSA) is 69.3 Å². The van der Waals surface area contributed by atoms with Crippen LogP contribution in [0.3, 0.4) is 0 Å². The molecule has 2 fully saturated rings. The summed E-state index contributed by atoms with van der Waals surface area (Å²) in [6.07, 6.45) is 5.77. The second kappa shape index (κ2) is 9.36. The lowest BCUT2D eigenvalue weighted by atomic mass is 10.0. The normalized spacial score (nSPS) is 18.2. The lowest BCUT2D eigenvalue weighted by Crippen LogP contribution is -2.34. The molecule has 0 aliphatic carbocycles. The fourth-order valence-corrected chi connectivity index (χ4v) is 5.50. The van der Waals surface area contributed by atoms with E-state index in [9.17, 15) is 14.9 Å². The fraction of sp³-hybridized carbons (Fsp3) is 0.545. The Morgan fingerprint density at radius 3 is 2.47 bits per heavy atom. The van der Waals surface area contributed by atoms with E-state index in [1.54, 1.807) is 16.4 Å². The minimum absolute atomic E-state index is 0.0178. The number of anilines is 1. The number of hydrogen-bond donors (Lipinski definition) is 0. The van der Waals surface area contributed by atoms with Gasteiger partial charge in [-0.1, -0.05) is 37.3 Å². The number of unbranched alkanes of at least 4 members (excludes halogenated alkanes) is 1. The summed E-state index contributed by atoms with van der Waals surface area (Å²) in [5.74, 6) is 0.717. The van der Waals surface area contributed by atoms with Crippen molar-refractivity contribution in [3.63, 3.8) is 0 Å². The molecule has 0 radical (unpaired) electrons. The highest BCUT2D eigenvalue weighted by molar-refractivity contribution is 8.26. The van der Waals surface area contributed by atoms with Crippen LogP contribution in [-0.2, 0) is 11.3 Å². The maximum absolute atomic E-state index is 13.1. The summed E-state index contributed by atoms with van der Waals surface area (Å²) in [5.41, 5.74) is 1.33. The van der Waals surface area contributed by atoms with Gasteiger partial charge < -0.3 is 4.90 Å². The highest BCUT2D eigenvalue weighted by Crippen LogP contribution is 2.37. The van der Waals surface area contributed by atoms with Gasteiger partial charge in [-0.05, 0) is 51.7 Å². The van der Waals surface area contributed by atoms with Crippen LogP contribution in [0.5, 0.6) is 0 Å². The van der Waals surface area contributed by atoms with Gasteiger partial charge in [0.1, 0.15) is 21.8 Å². The van der Waals surface area contributed by atoms with Gasteiger partial charge in [-0.15, -0.1) is 0 Å². The van der Waals surface area contributed by atoms with Gasteiger partial charge in [0.25, 0.3) is 11.5 Å². The molecule has 6 nitrogen and oxygen atoms in total. The number of thioether (sulfide) groups is 1. The first kappa shape index (κ1) is 22.6. The predicted molar refractivity (Wildman–Crippen MR) is 127 cm³/mol. The molecule has 0 spiro atoms. The summed E-state index contributed by atoms with van der Waals surface area (Å²) in [4.78, 5) is 30.5. The number of amides is 1. The van der Waals surface area contributed by atoms with Crippen LogP contribution in [-0.4, -0.2) is 38.8 Å². The van der Waals surface area contributed by atoms with Gasteiger partial charge in [-0.3, -0.25) is 19.1 Å². The number of carbonyl (C=O) groups is 1. The number of nitriles is 1. The van der Waals surface area contributed by atoms with Crippen molar-refractivity contribution in [2.45, 2.75) is 66.0 Å². The minimum Gasteiger partial charge on any atom is -0.357 e. The Morgan fingerprint density at radius 1 is 1.27 bits per heavy atom. The SMILES string of the molecule is CCCCn1c(N2CCCC2)c(/C=C2/SC(=S)N(C(C)C)C2=O)c(C)c(C#N)c1=O. The monoisotopic (exact) mass is 444 g/mol. The molecule has 1 aromatic heterocycles. The van der Waals surface area contributed by atoms with E-state index in [0.29, 0.717) is 21.3 Å². The summed E-state index contributed by atoms with van der Waals surface area (Å²) in [7, 11) is 0. The molecular weight excluding hydrogens is 416 g/mol. The zero-order valence-electron chi connectivity index (χ0n) is 18.0. The van der Waals surface area contributed by atoms with Crippen LogP contribution in [0.2, 0.25) is 0 Å². The average Bonchev–Trinajstić information content (AvgIpc) is 3.31. The molecule has 0 bridgehead atoms. The first-order valence-electron chi connectivity index (χ1n) is 10.5. The van der Waals surface area contributed by atoms with Gasteiger partial charge in [0.2, 0.25) is 0 Å². The van der Waals surface area contributed by atoms with Gasteiger partial charge >= 0.3 is 0 Å². The van der Waals surface area contributed by atoms with Crippen molar-refractivity contribution in [2.24, 2.45) is 0 Å². The summed E-state index contributed by atoms with van der Waals surface area (Å²) in [5, 5.41) is 9.70. The van der Waals surface area contributed by atoms with Crippen molar-refractivity contribution in [3.05, 3.63) is 31.9 Å².